The molecule has 1 unspecified atom stereocenters. The number of ether oxygens (including phenoxy) is 3. The normalized spacial score (nSPS) is 12.2. The Hall–Kier alpha value is -4.10. The van der Waals surface area contributed by atoms with Crippen LogP contribution in [0.5, 0.6) is 11.5 Å². The van der Waals surface area contributed by atoms with Crippen LogP contribution in [0.25, 0.3) is 0 Å². The van der Waals surface area contributed by atoms with Crippen LogP contribution in [0, 0.1) is 0 Å². The first kappa shape index (κ1) is 26.0. The van der Waals surface area contributed by atoms with Gasteiger partial charge in [-0.15, -0.1) is 0 Å². The zero-order valence-corrected chi connectivity index (χ0v) is 21.8. The van der Waals surface area contributed by atoms with Crippen molar-refractivity contribution in [1.82, 2.24) is 0 Å². The number of rotatable bonds is 10. The van der Waals surface area contributed by atoms with Crippen LogP contribution in [0.1, 0.15) is 32.4 Å². The number of benzene rings is 3. The number of hydrogen-bond acceptors (Lipinski definition) is 7. The van der Waals surface area contributed by atoms with Gasteiger partial charge in [0.25, 0.3) is 10.9 Å². The van der Waals surface area contributed by atoms with Gasteiger partial charge in [0.15, 0.2) is 5.75 Å². The smallest absolute Gasteiger partial charge is 0.272 e. The third kappa shape index (κ3) is 6.01. The van der Waals surface area contributed by atoms with Gasteiger partial charge in [0.1, 0.15) is 17.0 Å². The summed E-state index contributed by atoms with van der Waals surface area (Å²) in [5.74, 6) is 0.829. The maximum Gasteiger partial charge on any atom is 0.272 e. The molecule has 7 heteroatoms. The van der Waals surface area contributed by atoms with Crippen LogP contribution in [0.3, 0.4) is 0 Å². The lowest BCUT2D eigenvalue weighted by Crippen LogP contribution is -2.39. The largest absolute Gasteiger partial charge is 0.497 e. The van der Waals surface area contributed by atoms with E-state index >= 15 is 0 Å². The number of hydrogen-bond donors (Lipinski definition) is 1. The molecule has 4 aromatic carbocycles. The van der Waals surface area contributed by atoms with Gasteiger partial charge in [0, 0.05) is 24.2 Å². The highest BCUT2D eigenvalue weighted by Crippen LogP contribution is 2.34. The summed E-state index contributed by atoms with van der Waals surface area (Å²) < 4.78 is 16.9. The van der Waals surface area contributed by atoms with Crippen molar-refractivity contribution in [2.75, 3.05) is 31.0 Å². The fourth-order valence-electron chi connectivity index (χ4n) is 4.06. The molecule has 4 aromatic rings. The van der Waals surface area contributed by atoms with E-state index < -0.39 is 16.5 Å². The Morgan fingerprint density at radius 1 is 0.838 bits per heavy atom. The second-order valence-electron chi connectivity index (χ2n) is 9.70. The molecule has 0 bridgehead atoms. The van der Waals surface area contributed by atoms with Gasteiger partial charge in [-0.1, -0.05) is 36.4 Å². The van der Waals surface area contributed by atoms with Crippen LogP contribution in [0.2, 0.25) is 0 Å². The summed E-state index contributed by atoms with van der Waals surface area (Å²) in [4.78, 5) is 26.6. The molecule has 7 nitrogen and oxygen atoms in total. The topological polar surface area (TPSA) is 77.1 Å². The zero-order valence-electron chi connectivity index (χ0n) is 21.8. The van der Waals surface area contributed by atoms with Crippen molar-refractivity contribution in [3.8, 4) is 11.5 Å². The minimum atomic E-state index is -0.612. The predicted octanol–water partition coefficient (Wildman–Crippen LogP) is 5.74. The fourth-order valence-corrected chi connectivity index (χ4v) is 4.06. The summed E-state index contributed by atoms with van der Waals surface area (Å²) in [6.45, 7) is 6.04. The number of nitrogens with one attached hydrogen (secondary N) is 1. The molecule has 0 saturated heterocycles. The Morgan fingerprint density at radius 2 is 1.54 bits per heavy atom. The molecule has 0 fully saturated rings. The van der Waals surface area contributed by atoms with E-state index in [1.54, 1.807) is 14.2 Å². The highest BCUT2D eigenvalue weighted by molar-refractivity contribution is 5.74. The monoisotopic (exact) mass is 500 g/mol. The van der Waals surface area contributed by atoms with E-state index in [1.807, 2.05) is 99.6 Å². The van der Waals surface area contributed by atoms with Crippen molar-refractivity contribution in [2.45, 2.75) is 32.5 Å². The second kappa shape index (κ2) is 10.9. The molecule has 0 amide bonds. The van der Waals surface area contributed by atoms with Crippen molar-refractivity contribution in [2.24, 2.45) is 0 Å². The van der Waals surface area contributed by atoms with Crippen LogP contribution in [-0.4, -0.2) is 26.4 Å². The minimum Gasteiger partial charge on any atom is -0.497 e. The summed E-state index contributed by atoms with van der Waals surface area (Å²) in [6, 6.07) is 25.5. The lowest BCUT2D eigenvalue weighted by Gasteiger charge is -2.30. The summed E-state index contributed by atoms with van der Waals surface area (Å²) in [7, 11) is 3.33. The van der Waals surface area contributed by atoms with Gasteiger partial charge in [-0.25, -0.2) is 0 Å². The van der Waals surface area contributed by atoms with Crippen molar-refractivity contribution in [3.05, 3.63) is 105 Å². The summed E-state index contributed by atoms with van der Waals surface area (Å²) >= 11 is 0. The van der Waals surface area contributed by atoms with E-state index in [0.29, 0.717) is 12.2 Å². The first-order chi connectivity index (χ1) is 17.7. The summed E-state index contributed by atoms with van der Waals surface area (Å²) in [5.41, 5.74) is 1.93. The number of methoxy groups -OCH3 is 2. The van der Waals surface area contributed by atoms with Gasteiger partial charge < -0.3 is 24.4 Å². The molecule has 0 aromatic heterocycles. The van der Waals surface area contributed by atoms with E-state index in [1.165, 1.54) is 0 Å². The molecule has 0 saturated carbocycles. The van der Waals surface area contributed by atoms with Crippen LogP contribution >= 0.6 is 0 Å². The molecule has 4 rings (SSSR count). The highest BCUT2D eigenvalue weighted by Gasteiger charge is 2.27. The van der Waals surface area contributed by atoms with Gasteiger partial charge in [0.2, 0.25) is 0 Å². The van der Waals surface area contributed by atoms with Gasteiger partial charge >= 0.3 is 0 Å². The van der Waals surface area contributed by atoms with E-state index in [9.17, 15) is 9.59 Å². The Kier molecular flexibility index (Phi) is 7.64. The first-order valence-electron chi connectivity index (χ1n) is 12.1. The number of anilines is 4. The van der Waals surface area contributed by atoms with Gasteiger partial charge in [-0.2, -0.15) is 0 Å². The lowest BCUT2D eigenvalue weighted by atomic mass is 10.1. The molecule has 0 aliphatic carbocycles. The average molecular weight is 501 g/mol. The quantitative estimate of drug-likeness (QED) is 0.278. The lowest BCUT2D eigenvalue weighted by molar-refractivity contribution is 0.110. The van der Waals surface area contributed by atoms with E-state index in [0.717, 1.165) is 22.7 Å². The Bertz CT molecular complexity index is 1400. The molecule has 1 N–H and O–H groups in total. The van der Waals surface area contributed by atoms with Gasteiger partial charge in [-0.05, 0) is 68.8 Å². The summed E-state index contributed by atoms with van der Waals surface area (Å²) in [5, 5.41) is 3.10. The maximum absolute atomic E-state index is 12.3. The Morgan fingerprint density at radius 3 is 2.16 bits per heavy atom. The number of nitrogens with zero attached hydrogens (tertiary/aromatic N) is 1. The SMILES string of the molecule is COc1ccc(N(CC(OC)c2ccccc2)c2cccc(Nc3c(OC(C)(C)C)c(=O)c3=O)c2)cc1. The van der Waals surface area contributed by atoms with E-state index in [4.69, 9.17) is 14.2 Å². The average Bonchev–Trinajstić information content (AvgIpc) is 2.91. The molecule has 0 aliphatic heterocycles. The van der Waals surface area contributed by atoms with E-state index in [-0.39, 0.29) is 17.5 Å². The summed E-state index contributed by atoms with van der Waals surface area (Å²) in [6.07, 6.45) is -0.194. The van der Waals surface area contributed by atoms with Crippen LogP contribution < -0.4 is 30.5 Å². The van der Waals surface area contributed by atoms with Crippen molar-refractivity contribution < 1.29 is 14.2 Å². The first-order valence-corrected chi connectivity index (χ1v) is 12.1. The third-order valence-electron chi connectivity index (χ3n) is 5.89. The molecule has 0 spiro atoms. The molecule has 0 aliphatic rings. The molecular formula is C30H32N2O5. The molecular weight excluding hydrogens is 468 g/mol. The molecule has 192 valence electrons. The van der Waals surface area contributed by atoms with Crippen LogP contribution in [0.4, 0.5) is 22.7 Å². The van der Waals surface area contributed by atoms with Crippen molar-refractivity contribution in [3.63, 3.8) is 0 Å². The fraction of sp³-hybridized carbons (Fsp3) is 0.267. The van der Waals surface area contributed by atoms with Gasteiger partial charge in [-0.3, -0.25) is 9.59 Å². The Balaban J connectivity index is 1.68. The van der Waals surface area contributed by atoms with Crippen molar-refractivity contribution >= 4 is 22.7 Å². The molecule has 0 heterocycles. The van der Waals surface area contributed by atoms with Crippen LogP contribution in [0.15, 0.2) is 88.5 Å². The van der Waals surface area contributed by atoms with Gasteiger partial charge in [0.05, 0.1) is 19.8 Å². The Labute approximate surface area is 216 Å². The second-order valence-corrected chi connectivity index (χ2v) is 9.70. The maximum atomic E-state index is 12.3. The third-order valence-corrected chi connectivity index (χ3v) is 5.89. The predicted molar refractivity (Wildman–Crippen MR) is 148 cm³/mol. The molecule has 0 radical (unpaired) electrons. The molecule has 37 heavy (non-hydrogen) atoms. The van der Waals surface area contributed by atoms with Crippen molar-refractivity contribution in [1.29, 1.82) is 0 Å². The molecule has 1 atom stereocenters. The zero-order chi connectivity index (χ0) is 26.6. The van der Waals surface area contributed by atoms with E-state index in [2.05, 4.69) is 10.2 Å². The highest BCUT2D eigenvalue weighted by atomic mass is 16.5. The van der Waals surface area contributed by atoms with Crippen LogP contribution in [-0.2, 0) is 4.74 Å². The minimum absolute atomic E-state index is 0.0680. The standard InChI is InChI=1S/C30H32N2O5/c1-30(2,3)37-29-26(27(33)28(29)34)31-21-12-9-13-23(18-21)32(22-14-16-24(35-4)17-15-22)19-25(36-5)20-10-7-6-8-11-20/h6-18,25,31H,19H2,1-5H3.